The van der Waals surface area contributed by atoms with Crippen LogP contribution in [0.4, 0.5) is 0 Å². The number of halogens is 1. The maximum atomic E-state index is 6.12. The first-order chi connectivity index (χ1) is 10.2. The lowest BCUT2D eigenvalue weighted by Gasteiger charge is -2.29. The molecule has 0 aromatic heterocycles. The van der Waals surface area contributed by atoms with Crippen LogP contribution in [0, 0.1) is 0 Å². The SMILES string of the molecule is CCN(CC)C(CN=C(N)N(C)C1CC1)c1ccccc1.I. The van der Waals surface area contributed by atoms with E-state index in [4.69, 9.17) is 5.73 Å². The van der Waals surface area contributed by atoms with Crippen molar-refractivity contribution in [2.45, 2.75) is 38.8 Å². The molecule has 0 bridgehead atoms. The number of likely N-dealkylation sites (N-methyl/N-ethyl adjacent to an activating group) is 1. The van der Waals surface area contributed by atoms with E-state index in [1.54, 1.807) is 0 Å². The molecular formula is C17H29IN4. The number of guanidine groups is 1. The zero-order chi connectivity index (χ0) is 15.2. The summed E-state index contributed by atoms with van der Waals surface area (Å²) in [7, 11) is 2.05. The smallest absolute Gasteiger partial charge is 0.191 e. The summed E-state index contributed by atoms with van der Waals surface area (Å²) in [4.78, 5) is 9.21. The summed E-state index contributed by atoms with van der Waals surface area (Å²) in [5.41, 5.74) is 7.44. The summed E-state index contributed by atoms with van der Waals surface area (Å²) < 4.78 is 0. The Morgan fingerprint density at radius 2 is 1.82 bits per heavy atom. The zero-order valence-corrected chi connectivity index (χ0v) is 16.2. The maximum absolute atomic E-state index is 6.12. The van der Waals surface area contributed by atoms with E-state index in [9.17, 15) is 0 Å². The molecule has 1 fully saturated rings. The Morgan fingerprint density at radius 1 is 1.23 bits per heavy atom. The molecule has 2 N–H and O–H groups in total. The van der Waals surface area contributed by atoms with Gasteiger partial charge in [-0.3, -0.25) is 9.89 Å². The van der Waals surface area contributed by atoms with Crippen molar-refractivity contribution in [3.05, 3.63) is 35.9 Å². The third kappa shape index (κ3) is 5.12. The quantitative estimate of drug-likeness (QED) is 0.422. The molecule has 0 aliphatic heterocycles. The van der Waals surface area contributed by atoms with E-state index in [1.165, 1.54) is 18.4 Å². The van der Waals surface area contributed by atoms with Crippen molar-refractivity contribution < 1.29 is 0 Å². The topological polar surface area (TPSA) is 44.9 Å². The fraction of sp³-hybridized carbons (Fsp3) is 0.588. The number of nitrogens with zero attached hydrogens (tertiary/aromatic N) is 3. The van der Waals surface area contributed by atoms with Gasteiger partial charge in [-0.25, -0.2) is 0 Å². The van der Waals surface area contributed by atoms with Gasteiger partial charge in [0.2, 0.25) is 0 Å². The molecule has 0 heterocycles. The lowest BCUT2D eigenvalue weighted by Crippen LogP contribution is -2.37. The van der Waals surface area contributed by atoms with Crippen LogP contribution in [-0.4, -0.2) is 48.5 Å². The molecule has 124 valence electrons. The summed E-state index contributed by atoms with van der Waals surface area (Å²) in [6.45, 7) is 7.15. The number of hydrogen-bond donors (Lipinski definition) is 1. The average Bonchev–Trinajstić information content (AvgIpc) is 3.36. The van der Waals surface area contributed by atoms with Gasteiger partial charge in [-0.05, 0) is 31.5 Å². The number of benzene rings is 1. The average molecular weight is 416 g/mol. The summed E-state index contributed by atoms with van der Waals surface area (Å²) >= 11 is 0. The van der Waals surface area contributed by atoms with Crippen molar-refractivity contribution in [1.29, 1.82) is 0 Å². The molecule has 0 spiro atoms. The zero-order valence-electron chi connectivity index (χ0n) is 13.9. The van der Waals surface area contributed by atoms with Gasteiger partial charge in [0.25, 0.3) is 0 Å². The number of rotatable bonds is 7. The van der Waals surface area contributed by atoms with Crippen LogP contribution in [0.5, 0.6) is 0 Å². The van der Waals surface area contributed by atoms with Crippen molar-refractivity contribution in [2.24, 2.45) is 10.7 Å². The van der Waals surface area contributed by atoms with Crippen LogP contribution in [0.25, 0.3) is 0 Å². The Labute approximate surface area is 151 Å². The summed E-state index contributed by atoms with van der Waals surface area (Å²) in [6, 6.07) is 11.5. The fourth-order valence-corrected chi connectivity index (χ4v) is 2.71. The molecule has 1 aliphatic rings. The van der Waals surface area contributed by atoms with Gasteiger partial charge in [0, 0.05) is 13.1 Å². The van der Waals surface area contributed by atoms with E-state index < -0.39 is 0 Å². The van der Waals surface area contributed by atoms with Crippen LogP contribution in [0.15, 0.2) is 35.3 Å². The third-order valence-corrected chi connectivity index (χ3v) is 4.32. The van der Waals surface area contributed by atoms with Crippen LogP contribution in [0.1, 0.15) is 38.3 Å². The molecule has 4 nitrogen and oxygen atoms in total. The van der Waals surface area contributed by atoms with E-state index in [1.807, 2.05) is 7.05 Å². The molecule has 0 amide bonds. The van der Waals surface area contributed by atoms with Gasteiger partial charge in [-0.15, -0.1) is 24.0 Å². The first-order valence-corrected chi connectivity index (χ1v) is 7.99. The highest BCUT2D eigenvalue weighted by atomic mass is 127. The van der Waals surface area contributed by atoms with Crippen molar-refractivity contribution in [2.75, 3.05) is 26.7 Å². The predicted molar refractivity (Wildman–Crippen MR) is 105 cm³/mol. The minimum absolute atomic E-state index is 0. The van der Waals surface area contributed by atoms with Crippen LogP contribution in [-0.2, 0) is 0 Å². The van der Waals surface area contributed by atoms with Gasteiger partial charge >= 0.3 is 0 Å². The van der Waals surface area contributed by atoms with E-state index in [2.05, 4.69) is 59.0 Å². The Balaban J connectivity index is 0.00000242. The summed E-state index contributed by atoms with van der Waals surface area (Å²) in [5, 5.41) is 0. The van der Waals surface area contributed by atoms with Crippen LogP contribution in [0.3, 0.4) is 0 Å². The normalized spacial score (nSPS) is 16.3. The number of aliphatic imine (C=N–C) groups is 1. The minimum Gasteiger partial charge on any atom is -0.370 e. The molecule has 1 unspecified atom stereocenters. The van der Waals surface area contributed by atoms with E-state index in [0.717, 1.165) is 13.1 Å². The van der Waals surface area contributed by atoms with Crippen molar-refractivity contribution in [3.8, 4) is 0 Å². The molecule has 22 heavy (non-hydrogen) atoms. The molecule has 1 atom stereocenters. The second-order valence-corrected chi connectivity index (χ2v) is 5.69. The van der Waals surface area contributed by atoms with Crippen LogP contribution >= 0.6 is 24.0 Å². The van der Waals surface area contributed by atoms with Crippen molar-refractivity contribution in [3.63, 3.8) is 0 Å². The van der Waals surface area contributed by atoms with Crippen molar-refractivity contribution >= 4 is 29.9 Å². The van der Waals surface area contributed by atoms with Gasteiger partial charge in [-0.1, -0.05) is 44.2 Å². The highest BCUT2D eigenvalue weighted by Gasteiger charge is 2.27. The molecular weight excluding hydrogens is 387 g/mol. The second kappa shape index (κ2) is 9.35. The number of hydrogen-bond acceptors (Lipinski definition) is 2. The largest absolute Gasteiger partial charge is 0.370 e. The Hall–Kier alpha value is -0.820. The molecule has 5 heteroatoms. The predicted octanol–water partition coefficient (Wildman–Crippen LogP) is 3.10. The lowest BCUT2D eigenvalue weighted by atomic mass is 10.1. The molecule has 1 aromatic carbocycles. The molecule has 0 saturated heterocycles. The Bertz CT molecular complexity index is 455. The summed E-state index contributed by atoms with van der Waals surface area (Å²) in [6.07, 6.45) is 2.48. The lowest BCUT2D eigenvalue weighted by molar-refractivity contribution is 0.224. The monoisotopic (exact) mass is 416 g/mol. The van der Waals surface area contributed by atoms with Gasteiger partial charge in [0.1, 0.15) is 0 Å². The fourth-order valence-electron chi connectivity index (χ4n) is 2.71. The van der Waals surface area contributed by atoms with Gasteiger partial charge in [-0.2, -0.15) is 0 Å². The molecule has 0 radical (unpaired) electrons. The maximum Gasteiger partial charge on any atom is 0.191 e. The standard InChI is InChI=1S/C17H28N4.HI/c1-4-21(5-2)16(14-9-7-6-8-10-14)13-19-17(18)20(3)15-11-12-15;/h6-10,15-16H,4-5,11-13H2,1-3H3,(H2,18,19);1H. The molecule has 2 rings (SSSR count). The first kappa shape index (κ1) is 19.2. The number of nitrogens with two attached hydrogens (primary N) is 1. The van der Waals surface area contributed by atoms with Gasteiger partial charge in [0.15, 0.2) is 5.96 Å². The van der Waals surface area contributed by atoms with E-state index in [0.29, 0.717) is 24.6 Å². The molecule has 1 aliphatic carbocycles. The third-order valence-electron chi connectivity index (χ3n) is 4.32. The highest BCUT2D eigenvalue weighted by molar-refractivity contribution is 14.0. The Kier molecular flexibility index (Phi) is 8.17. The van der Waals surface area contributed by atoms with E-state index in [-0.39, 0.29) is 24.0 Å². The van der Waals surface area contributed by atoms with E-state index >= 15 is 0 Å². The molecule has 1 aromatic rings. The minimum atomic E-state index is 0. The van der Waals surface area contributed by atoms with Gasteiger partial charge < -0.3 is 10.6 Å². The summed E-state index contributed by atoms with van der Waals surface area (Å²) in [5.74, 6) is 0.672. The van der Waals surface area contributed by atoms with Crippen LogP contribution < -0.4 is 5.73 Å². The molecule has 1 saturated carbocycles. The van der Waals surface area contributed by atoms with Gasteiger partial charge in [0.05, 0.1) is 12.6 Å². The Morgan fingerprint density at radius 3 is 2.32 bits per heavy atom. The first-order valence-electron chi connectivity index (χ1n) is 7.99. The van der Waals surface area contributed by atoms with Crippen LogP contribution in [0.2, 0.25) is 0 Å². The highest BCUT2D eigenvalue weighted by Crippen LogP contribution is 2.25. The van der Waals surface area contributed by atoms with Crippen molar-refractivity contribution in [1.82, 2.24) is 9.80 Å². The second-order valence-electron chi connectivity index (χ2n) is 5.69.